The third-order valence-corrected chi connectivity index (χ3v) is 3.29. The second kappa shape index (κ2) is 4.79. The molecule has 0 saturated heterocycles. The average Bonchev–Trinajstić information content (AvgIpc) is 2.61. The number of hydrogen-bond donors (Lipinski definition) is 1. The molecule has 2 heteroatoms. The van der Waals surface area contributed by atoms with E-state index in [0.717, 1.165) is 13.1 Å². The summed E-state index contributed by atoms with van der Waals surface area (Å²) < 4.78 is 0. The first-order chi connectivity index (χ1) is 7.94. The first-order valence-corrected chi connectivity index (χ1v) is 6.52. The molecule has 17 heavy (non-hydrogen) atoms. The maximum Gasteiger partial charge on any atom is 0.0231 e. The van der Waals surface area contributed by atoms with Crippen LogP contribution in [0.3, 0.4) is 0 Å². The molecule has 0 radical (unpaired) electrons. The minimum Gasteiger partial charge on any atom is -0.324 e. The van der Waals surface area contributed by atoms with Crippen molar-refractivity contribution in [2.75, 3.05) is 13.6 Å². The van der Waals surface area contributed by atoms with Crippen LogP contribution in [-0.2, 0) is 19.4 Å². The Kier molecular flexibility index (Phi) is 3.55. The minimum absolute atomic E-state index is 0.120. The molecule has 1 aromatic carbocycles. The standard InChI is InChI=1S/C15H24N2/c1-15(2,16)11-17(3)10-12-7-8-13-5-4-6-14(13)9-12/h7-9H,4-6,10-11,16H2,1-3H3. The topological polar surface area (TPSA) is 29.3 Å². The molecule has 0 saturated carbocycles. The summed E-state index contributed by atoms with van der Waals surface area (Å²) in [5.74, 6) is 0. The van der Waals surface area contributed by atoms with Crippen molar-refractivity contribution in [2.24, 2.45) is 5.73 Å². The molecule has 0 aromatic heterocycles. The van der Waals surface area contributed by atoms with E-state index in [9.17, 15) is 0 Å². The third-order valence-electron chi connectivity index (χ3n) is 3.29. The lowest BCUT2D eigenvalue weighted by Gasteiger charge is -2.26. The highest BCUT2D eigenvalue weighted by molar-refractivity contribution is 5.35. The van der Waals surface area contributed by atoms with Crippen LogP contribution in [0, 0.1) is 0 Å². The molecule has 0 bridgehead atoms. The molecule has 1 aliphatic carbocycles. The summed E-state index contributed by atoms with van der Waals surface area (Å²) in [6.07, 6.45) is 3.85. The lowest BCUT2D eigenvalue weighted by Crippen LogP contribution is -2.43. The van der Waals surface area contributed by atoms with Crippen LogP contribution in [0.2, 0.25) is 0 Å². The SMILES string of the molecule is CN(Cc1ccc2c(c1)CCC2)CC(C)(C)N. The zero-order chi connectivity index (χ0) is 12.5. The summed E-state index contributed by atoms with van der Waals surface area (Å²) in [7, 11) is 2.14. The number of rotatable bonds is 4. The van der Waals surface area contributed by atoms with Gasteiger partial charge in [-0.05, 0) is 56.8 Å². The number of nitrogens with zero attached hydrogens (tertiary/aromatic N) is 1. The van der Waals surface area contributed by atoms with Crippen molar-refractivity contribution in [3.63, 3.8) is 0 Å². The van der Waals surface area contributed by atoms with Gasteiger partial charge in [0, 0.05) is 18.6 Å². The van der Waals surface area contributed by atoms with Crippen LogP contribution in [0.5, 0.6) is 0 Å². The molecular formula is C15H24N2. The lowest BCUT2D eigenvalue weighted by atomic mass is 10.0. The molecule has 0 fully saturated rings. The van der Waals surface area contributed by atoms with Crippen LogP contribution < -0.4 is 5.73 Å². The Balaban J connectivity index is 1.99. The van der Waals surface area contributed by atoms with Gasteiger partial charge in [-0.25, -0.2) is 0 Å². The number of likely N-dealkylation sites (N-methyl/N-ethyl adjacent to an activating group) is 1. The smallest absolute Gasteiger partial charge is 0.0231 e. The van der Waals surface area contributed by atoms with Gasteiger partial charge in [0.2, 0.25) is 0 Å². The van der Waals surface area contributed by atoms with E-state index in [1.807, 2.05) is 0 Å². The lowest BCUT2D eigenvalue weighted by molar-refractivity contribution is 0.263. The number of fused-ring (bicyclic) bond motifs is 1. The average molecular weight is 232 g/mol. The van der Waals surface area contributed by atoms with Gasteiger partial charge >= 0.3 is 0 Å². The molecule has 1 aromatic rings. The van der Waals surface area contributed by atoms with Crippen molar-refractivity contribution in [2.45, 2.75) is 45.2 Å². The van der Waals surface area contributed by atoms with Gasteiger partial charge in [-0.3, -0.25) is 0 Å². The minimum atomic E-state index is -0.120. The van der Waals surface area contributed by atoms with Gasteiger partial charge in [0.25, 0.3) is 0 Å². The fraction of sp³-hybridized carbons (Fsp3) is 0.600. The normalized spacial score (nSPS) is 15.4. The largest absolute Gasteiger partial charge is 0.324 e. The molecule has 0 spiro atoms. The maximum atomic E-state index is 6.04. The highest BCUT2D eigenvalue weighted by atomic mass is 15.1. The van der Waals surface area contributed by atoms with E-state index in [1.165, 1.54) is 24.8 Å². The van der Waals surface area contributed by atoms with Crippen LogP contribution in [0.25, 0.3) is 0 Å². The van der Waals surface area contributed by atoms with Gasteiger partial charge in [-0.2, -0.15) is 0 Å². The molecule has 2 rings (SSSR count). The molecule has 0 unspecified atom stereocenters. The van der Waals surface area contributed by atoms with Gasteiger partial charge in [0.05, 0.1) is 0 Å². The maximum absolute atomic E-state index is 6.04. The molecule has 2 N–H and O–H groups in total. The Bertz CT molecular complexity index is 390. The quantitative estimate of drug-likeness (QED) is 0.863. The van der Waals surface area contributed by atoms with E-state index in [2.05, 4.69) is 44.0 Å². The zero-order valence-electron chi connectivity index (χ0n) is 11.3. The summed E-state index contributed by atoms with van der Waals surface area (Å²) in [5, 5.41) is 0. The number of benzene rings is 1. The Hall–Kier alpha value is -0.860. The number of hydrogen-bond acceptors (Lipinski definition) is 2. The third kappa shape index (κ3) is 3.55. The second-order valence-electron chi connectivity index (χ2n) is 6.12. The fourth-order valence-electron chi connectivity index (χ4n) is 2.79. The molecule has 0 atom stereocenters. The van der Waals surface area contributed by atoms with E-state index in [-0.39, 0.29) is 5.54 Å². The van der Waals surface area contributed by atoms with Crippen molar-refractivity contribution in [1.82, 2.24) is 4.90 Å². The van der Waals surface area contributed by atoms with E-state index >= 15 is 0 Å². The van der Waals surface area contributed by atoms with Crippen LogP contribution >= 0.6 is 0 Å². The summed E-state index contributed by atoms with van der Waals surface area (Å²) in [6, 6.07) is 6.95. The predicted octanol–water partition coefficient (Wildman–Crippen LogP) is 2.34. The molecule has 0 aliphatic heterocycles. The second-order valence-corrected chi connectivity index (χ2v) is 6.12. The van der Waals surface area contributed by atoms with E-state index in [0.29, 0.717) is 0 Å². The molecule has 94 valence electrons. The Labute approximate surface area is 105 Å². The molecule has 0 heterocycles. The Morgan fingerprint density at radius 1 is 1.24 bits per heavy atom. The summed E-state index contributed by atoms with van der Waals surface area (Å²) in [5.41, 5.74) is 10.4. The first-order valence-electron chi connectivity index (χ1n) is 6.52. The van der Waals surface area contributed by atoms with Crippen LogP contribution in [0.15, 0.2) is 18.2 Å². The van der Waals surface area contributed by atoms with E-state index in [4.69, 9.17) is 5.73 Å². The predicted molar refractivity (Wildman–Crippen MR) is 73.1 cm³/mol. The van der Waals surface area contributed by atoms with Gasteiger partial charge in [-0.1, -0.05) is 18.2 Å². The molecule has 0 amide bonds. The van der Waals surface area contributed by atoms with Crippen molar-refractivity contribution in [1.29, 1.82) is 0 Å². The molecular weight excluding hydrogens is 208 g/mol. The van der Waals surface area contributed by atoms with Crippen LogP contribution in [-0.4, -0.2) is 24.0 Å². The van der Waals surface area contributed by atoms with Crippen molar-refractivity contribution in [3.8, 4) is 0 Å². The number of aryl methyl sites for hydroxylation is 2. The Morgan fingerprint density at radius 3 is 2.65 bits per heavy atom. The van der Waals surface area contributed by atoms with Gasteiger partial charge in [-0.15, -0.1) is 0 Å². The first kappa shape index (κ1) is 12.6. The highest BCUT2D eigenvalue weighted by Crippen LogP contribution is 2.23. The number of nitrogens with two attached hydrogens (primary N) is 1. The van der Waals surface area contributed by atoms with Crippen molar-refractivity contribution in [3.05, 3.63) is 34.9 Å². The molecule has 2 nitrogen and oxygen atoms in total. The fourth-order valence-corrected chi connectivity index (χ4v) is 2.79. The van der Waals surface area contributed by atoms with E-state index < -0.39 is 0 Å². The summed E-state index contributed by atoms with van der Waals surface area (Å²) >= 11 is 0. The van der Waals surface area contributed by atoms with Gasteiger partial charge in [0.15, 0.2) is 0 Å². The Morgan fingerprint density at radius 2 is 1.94 bits per heavy atom. The van der Waals surface area contributed by atoms with Crippen molar-refractivity contribution >= 4 is 0 Å². The van der Waals surface area contributed by atoms with E-state index in [1.54, 1.807) is 11.1 Å². The molecule has 1 aliphatic rings. The zero-order valence-corrected chi connectivity index (χ0v) is 11.3. The van der Waals surface area contributed by atoms with Crippen LogP contribution in [0.4, 0.5) is 0 Å². The summed E-state index contributed by atoms with van der Waals surface area (Å²) in [6.45, 7) is 6.07. The van der Waals surface area contributed by atoms with Gasteiger partial charge < -0.3 is 10.6 Å². The van der Waals surface area contributed by atoms with Crippen LogP contribution in [0.1, 0.15) is 37.0 Å². The summed E-state index contributed by atoms with van der Waals surface area (Å²) in [4.78, 5) is 2.30. The van der Waals surface area contributed by atoms with Crippen molar-refractivity contribution < 1.29 is 0 Å². The monoisotopic (exact) mass is 232 g/mol. The van der Waals surface area contributed by atoms with Gasteiger partial charge in [0.1, 0.15) is 0 Å². The highest BCUT2D eigenvalue weighted by Gasteiger charge is 2.15.